The maximum atomic E-state index is 13.4. The molecule has 3 aromatic rings. The highest BCUT2D eigenvalue weighted by molar-refractivity contribution is 8.03. The van der Waals surface area contributed by atoms with Crippen molar-refractivity contribution < 1.29 is 23.5 Å². The zero-order valence-corrected chi connectivity index (χ0v) is 18.3. The third-order valence-electron chi connectivity index (χ3n) is 4.75. The average Bonchev–Trinajstić information content (AvgIpc) is 3.38. The van der Waals surface area contributed by atoms with Gasteiger partial charge in [-0.2, -0.15) is 0 Å². The molecule has 0 radical (unpaired) electrons. The summed E-state index contributed by atoms with van der Waals surface area (Å²) in [4.78, 5) is 28.2. The lowest BCUT2D eigenvalue weighted by atomic mass is 10.1. The van der Waals surface area contributed by atoms with Crippen molar-refractivity contribution in [1.82, 2.24) is 0 Å². The number of carbonyl (C=O) groups excluding carboxylic acids is 2. The molecule has 1 aromatic heterocycles. The maximum Gasteiger partial charge on any atom is 0.272 e. The molecule has 0 saturated carbocycles. The Labute approximate surface area is 188 Å². The molecule has 2 amide bonds. The lowest BCUT2D eigenvalue weighted by Crippen LogP contribution is -2.31. The highest BCUT2D eigenvalue weighted by Crippen LogP contribution is 2.41. The van der Waals surface area contributed by atoms with Gasteiger partial charge < -0.3 is 13.9 Å². The van der Waals surface area contributed by atoms with Crippen LogP contribution in [0.15, 0.2) is 70.2 Å². The Morgan fingerprint density at radius 1 is 1.00 bits per heavy atom. The second-order valence-corrected chi connectivity index (χ2v) is 7.96. The predicted octanol–water partition coefficient (Wildman–Crippen LogP) is 5.17. The first-order valence-electron chi connectivity index (χ1n) is 9.29. The smallest absolute Gasteiger partial charge is 0.272 e. The quantitative estimate of drug-likeness (QED) is 0.458. The van der Waals surface area contributed by atoms with Gasteiger partial charge in [0.2, 0.25) is 0 Å². The second kappa shape index (κ2) is 8.91. The number of furan rings is 1. The number of methoxy groups -OCH3 is 2. The van der Waals surface area contributed by atoms with Crippen molar-refractivity contribution in [3.63, 3.8) is 0 Å². The Morgan fingerprint density at radius 3 is 2.39 bits per heavy atom. The number of thioether (sulfide) groups is 1. The van der Waals surface area contributed by atoms with Crippen molar-refractivity contribution in [2.75, 3.05) is 19.1 Å². The molecule has 2 heterocycles. The molecular formula is C23H18ClNO5S. The molecule has 0 unspecified atom stereocenters. The van der Waals surface area contributed by atoms with Crippen LogP contribution in [0.25, 0.3) is 5.57 Å². The largest absolute Gasteiger partial charge is 0.497 e. The van der Waals surface area contributed by atoms with Crippen LogP contribution in [0.2, 0.25) is 5.02 Å². The standard InChI is InChI=1S/C23H18ClNO5S/c1-28-16-8-5-14(6-9-16)20-21(31-13-17-4-3-11-30-17)23(27)25(22(20)26)15-7-10-19(29-2)18(24)12-15/h3-12H,13H2,1-2H3. The maximum absolute atomic E-state index is 13.4. The zero-order chi connectivity index (χ0) is 22.0. The van der Waals surface area contributed by atoms with E-state index in [1.165, 1.54) is 18.9 Å². The summed E-state index contributed by atoms with van der Waals surface area (Å²) in [7, 11) is 3.07. The monoisotopic (exact) mass is 455 g/mol. The molecule has 8 heteroatoms. The third kappa shape index (κ3) is 4.06. The van der Waals surface area contributed by atoms with Crippen molar-refractivity contribution in [2.24, 2.45) is 0 Å². The summed E-state index contributed by atoms with van der Waals surface area (Å²) in [6, 6.07) is 15.4. The van der Waals surface area contributed by atoms with Gasteiger partial charge in [0, 0.05) is 0 Å². The number of carbonyl (C=O) groups is 2. The van der Waals surface area contributed by atoms with Crippen molar-refractivity contribution in [3.8, 4) is 11.5 Å². The summed E-state index contributed by atoms with van der Waals surface area (Å²) in [5, 5.41) is 0.309. The Bertz CT molecular complexity index is 1160. The molecule has 2 aromatic carbocycles. The van der Waals surface area contributed by atoms with E-state index in [2.05, 4.69) is 0 Å². The van der Waals surface area contributed by atoms with E-state index in [1.807, 2.05) is 6.07 Å². The van der Waals surface area contributed by atoms with Crippen LogP contribution in [0, 0.1) is 0 Å². The molecule has 0 atom stereocenters. The molecule has 1 aliphatic rings. The van der Waals surface area contributed by atoms with E-state index >= 15 is 0 Å². The van der Waals surface area contributed by atoms with Gasteiger partial charge in [-0.3, -0.25) is 9.59 Å². The number of benzene rings is 2. The zero-order valence-electron chi connectivity index (χ0n) is 16.8. The van der Waals surface area contributed by atoms with E-state index in [0.717, 1.165) is 4.90 Å². The van der Waals surface area contributed by atoms with Crippen LogP contribution in [0.4, 0.5) is 5.69 Å². The number of rotatable bonds is 7. The minimum Gasteiger partial charge on any atom is -0.497 e. The van der Waals surface area contributed by atoms with E-state index in [9.17, 15) is 9.59 Å². The van der Waals surface area contributed by atoms with Gasteiger partial charge in [0.15, 0.2) is 0 Å². The van der Waals surface area contributed by atoms with Crippen molar-refractivity contribution in [1.29, 1.82) is 0 Å². The predicted molar refractivity (Wildman–Crippen MR) is 120 cm³/mol. The number of imide groups is 1. The molecule has 0 saturated heterocycles. The fraction of sp³-hybridized carbons (Fsp3) is 0.130. The van der Waals surface area contributed by atoms with E-state index in [4.69, 9.17) is 25.5 Å². The van der Waals surface area contributed by atoms with E-state index in [-0.39, 0.29) is 0 Å². The summed E-state index contributed by atoms with van der Waals surface area (Å²) in [6.07, 6.45) is 1.57. The van der Waals surface area contributed by atoms with E-state index in [0.29, 0.717) is 49.8 Å². The molecule has 0 fully saturated rings. The summed E-state index contributed by atoms with van der Waals surface area (Å²) in [6.45, 7) is 0. The first-order chi connectivity index (χ1) is 15.0. The molecule has 0 aliphatic carbocycles. The fourth-order valence-corrected chi connectivity index (χ4v) is 4.49. The third-order valence-corrected chi connectivity index (χ3v) is 6.14. The number of hydrogen-bond acceptors (Lipinski definition) is 6. The van der Waals surface area contributed by atoms with Crippen molar-refractivity contribution in [3.05, 3.63) is 82.1 Å². The van der Waals surface area contributed by atoms with Crippen LogP contribution < -0.4 is 14.4 Å². The van der Waals surface area contributed by atoms with Crippen LogP contribution in [-0.2, 0) is 15.3 Å². The van der Waals surface area contributed by atoms with Gasteiger partial charge in [0.25, 0.3) is 11.8 Å². The van der Waals surface area contributed by atoms with E-state index in [1.54, 1.807) is 61.9 Å². The normalized spacial score (nSPS) is 13.8. The lowest BCUT2D eigenvalue weighted by Gasteiger charge is -2.16. The fourth-order valence-electron chi connectivity index (χ4n) is 3.22. The highest BCUT2D eigenvalue weighted by Gasteiger charge is 2.40. The summed E-state index contributed by atoms with van der Waals surface area (Å²) < 4.78 is 15.8. The van der Waals surface area contributed by atoms with Crippen molar-refractivity contribution >= 4 is 46.4 Å². The molecule has 4 rings (SSSR count). The molecule has 158 valence electrons. The Kier molecular flexibility index (Phi) is 6.06. The topological polar surface area (TPSA) is 69.0 Å². The first kappa shape index (κ1) is 21.1. The van der Waals surface area contributed by atoms with Crippen molar-refractivity contribution in [2.45, 2.75) is 5.75 Å². The summed E-state index contributed by atoms with van der Waals surface area (Å²) in [5.41, 5.74) is 1.33. The van der Waals surface area contributed by atoms with Crippen LogP contribution >= 0.6 is 23.4 Å². The SMILES string of the molecule is COc1ccc(C2=C(SCc3ccco3)C(=O)N(c3ccc(OC)c(Cl)c3)C2=O)cc1. The average molecular weight is 456 g/mol. The van der Waals surface area contributed by atoms with Gasteiger partial charge >= 0.3 is 0 Å². The number of nitrogens with zero attached hydrogens (tertiary/aromatic N) is 1. The number of ether oxygens (including phenoxy) is 2. The van der Waals surface area contributed by atoms with Gasteiger partial charge in [-0.1, -0.05) is 23.7 Å². The van der Waals surface area contributed by atoms with Crippen LogP contribution in [0.3, 0.4) is 0 Å². The molecule has 31 heavy (non-hydrogen) atoms. The van der Waals surface area contributed by atoms with Crippen LogP contribution in [0.1, 0.15) is 11.3 Å². The van der Waals surface area contributed by atoms with Gasteiger partial charge in [-0.15, -0.1) is 11.8 Å². The Balaban J connectivity index is 1.74. The minimum atomic E-state index is -0.418. The Morgan fingerprint density at radius 2 is 1.77 bits per heavy atom. The molecule has 0 spiro atoms. The number of anilines is 1. The van der Waals surface area contributed by atoms with E-state index < -0.39 is 11.8 Å². The summed E-state index contributed by atoms with van der Waals surface area (Å²) in [5.74, 6) is 1.41. The molecule has 0 bridgehead atoms. The van der Waals surface area contributed by atoms with Crippen LogP contribution in [0.5, 0.6) is 11.5 Å². The first-order valence-corrected chi connectivity index (χ1v) is 10.7. The Hall–Kier alpha value is -3.16. The van der Waals surface area contributed by atoms with Gasteiger partial charge in [0.1, 0.15) is 17.3 Å². The summed E-state index contributed by atoms with van der Waals surface area (Å²) >= 11 is 7.50. The molecule has 6 nitrogen and oxygen atoms in total. The van der Waals surface area contributed by atoms with Gasteiger partial charge in [-0.25, -0.2) is 4.90 Å². The van der Waals surface area contributed by atoms with Gasteiger partial charge in [-0.05, 0) is 48.0 Å². The second-order valence-electron chi connectivity index (χ2n) is 6.57. The number of halogens is 1. The lowest BCUT2D eigenvalue weighted by molar-refractivity contribution is -0.119. The molecular weight excluding hydrogens is 438 g/mol. The molecule has 0 N–H and O–H groups in total. The molecule has 1 aliphatic heterocycles. The van der Waals surface area contributed by atoms with Gasteiger partial charge in [0.05, 0.1) is 47.4 Å². The van der Waals surface area contributed by atoms with Crippen LogP contribution in [-0.4, -0.2) is 26.0 Å². The highest BCUT2D eigenvalue weighted by atomic mass is 35.5. The minimum absolute atomic E-state index is 0.309. The number of hydrogen-bond donors (Lipinski definition) is 0. The number of amides is 2.